The molecule has 2 aliphatic rings. The Kier molecular flexibility index (Phi) is 10.2. The summed E-state index contributed by atoms with van der Waals surface area (Å²) in [6.07, 6.45) is 7.07. The molecule has 7 aromatic heterocycles. The lowest BCUT2D eigenvalue weighted by atomic mass is 9.99. The Labute approximate surface area is 331 Å². The van der Waals surface area contributed by atoms with Gasteiger partial charge in [0.1, 0.15) is 39.8 Å². The van der Waals surface area contributed by atoms with Crippen LogP contribution in [0, 0.1) is 0 Å². The molecule has 0 unspecified atom stereocenters. The van der Waals surface area contributed by atoms with Gasteiger partial charge in [-0.3, -0.25) is 20.2 Å². The summed E-state index contributed by atoms with van der Waals surface area (Å²) in [5.74, 6) is 2.67. The number of para-hydroxylation sites is 1. The molecule has 0 atom stereocenters. The van der Waals surface area contributed by atoms with Crippen molar-refractivity contribution in [1.82, 2.24) is 40.3 Å². The van der Waals surface area contributed by atoms with Gasteiger partial charge in [-0.25, -0.2) is 9.97 Å². The minimum atomic E-state index is 0.699. The summed E-state index contributed by atoms with van der Waals surface area (Å²) >= 11 is 7.78. The van der Waals surface area contributed by atoms with Gasteiger partial charge >= 0.3 is 0 Å². The van der Waals surface area contributed by atoms with Crippen molar-refractivity contribution in [3.8, 4) is 50.1 Å². The van der Waals surface area contributed by atoms with Crippen molar-refractivity contribution < 1.29 is 14.2 Å². The molecular weight excluding hydrogens is 748 g/mol. The van der Waals surface area contributed by atoms with Crippen LogP contribution in [0.3, 0.4) is 0 Å². The fraction of sp³-hybridized carbons (Fsp3) is 0.220. The van der Waals surface area contributed by atoms with E-state index in [0.29, 0.717) is 26.4 Å². The van der Waals surface area contributed by atoms with Crippen molar-refractivity contribution >= 4 is 56.4 Å². The van der Waals surface area contributed by atoms with E-state index in [2.05, 4.69) is 64.4 Å². The maximum atomic E-state index is 6.21. The van der Waals surface area contributed by atoms with E-state index in [-0.39, 0.29) is 0 Å². The summed E-state index contributed by atoms with van der Waals surface area (Å²) < 4.78 is 17.4. The van der Waals surface area contributed by atoms with Gasteiger partial charge in [0.15, 0.2) is 0 Å². The number of hydrogen-bond acceptors (Lipinski definition) is 12. The Morgan fingerprint density at radius 2 is 1.20 bits per heavy atom. The summed E-state index contributed by atoms with van der Waals surface area (Å²) in [5.41, 5.74) is 8.16. The van der Waals surface area contributed by atoms with Gasteiger partial charge in [0.25, 0.3) is 0 Å². The van der Waals surface area contributed by atoms with E-state index in [9.17, 15) is 0 Å². The van der Waals surface area contributed by atoms with Crippen molar-refractivity contribution in [3.63, 3.8) is 0 Å². The zero-order chi connectivity index (χ0) is 37.8. The molecule has 56 heavy (non-hydrogen) atoms. The third-order valence-corrected chi connectivity index (χ3v) is 11.1. The molecule has 0 spiro atoms. The minimum absolute atomic E-state index is 0.699. The van der Waals surface area contributed by atoms with Crippen LogP contribution < -0.4 is 14.5 Å². The van der Waals surface area contributed by atoms with Crippen LogP contribution >= 0.6 is 22.9 Å². The summed E-state index contributed by atoms with van der Waals surface area (Å²) in [6, 6.07) is 24.2. The molecule has 0 amide bonds. The smallest absolute Gasteiger partial charge is 0.130 e. The Morgan fingerprint density at radius 1 is 0.643 bits per heavy atom. The highest BCUT2D eigenvalue weighted by Gasteiger charge is 2.21. The molecule has 13 nitrogen and oxygen atoms in total. The molecule has 2 aliphatic heterocycles. The van der Waals surface area contributed by atoms with Crippen LogP contribution in [0.15, 0.2) is 97.6 Å². The predicted octanol–water partition coefficient (Wildman–Crippen LogP) is 7.77. The summed E-state index contributed by atoms with van der Waals surface area (Å²) in [5, 5.41) is 16.2. The van der Waals surface area contributed by atoms with Crippen LogP contribution in [-0.2, 0) is 9.47 Å². The van der Waals surface area contributed by atoms with E-state index >= 15 is 0 Å². The molecule has 2 fully saturated rings. The first-order valence-electron chi connectivity index (χ1n) is 18.3. The van der Waals surface area contributed by atoms with Gasteiger partial charge < -0.3 is 24.0 Å². The largest absolute Gasteiger partial charge is 0.496 e. The lowest BCUT2D eigenvalue weighted by molar-refractivity contribution is 0.122. The number of H-pyrrole nitrogens is 2. The van der Waals surface area contributed by atoms with Gasteiger partial charge in [0.2, 0.25) is 0 Å². The lowest BCUT2D eigenvalue weighted by Crippen LogP contribution is -2.36. The maximum absolute atomic E-state index is 6.21. The number of aromatic nitrogens is 8. The predicted molar refractivity (Wildman–Crippen MR) is 221 cm³/mol. The molecule has 9 heterocycles. The molecule has 0 aliphatic carbocycles. The highest BCUT2D eigenvalue weighted by atomic mass is 35.5. The van der Waals surface area contributed by atoms with E-state index in [1.165, 1.54) is 0 Å². The number of morpholine rings is 2. The van der Waals surface area contributed by atoms with E-state index in [0.717, 1.165) is 114 Å². The topological polar surface area (TPSA) is 143 Å². The number of aromatic amines is 2. The number of anilines is 2. The molecule has 0 saturated carbocycles. The summed E-state index contributed by atoms with van der Waals surface area (Å²) in [6.45, 7) is 6.08. The normalized spacial score (nSPS) is 14.5. The fourth-order valence-electron chi connectivity index (χ4n) is 7.11. The number of nitrogens with one attached hydrogen (secondary N) is 2. The van der Waals surface area contributed by atoms with Crippen LogP contribution in [0.4, 0.5) is 11.6 Å². The summed E-state index contributed by atoms with van der Waals surface area (Å²) in [7, 11) is 1.70. The van der Waals surface area contributed by atoms with Crippen molar-refractivity contribution in [2.24, 2.45) is 0 Å². The number of pyridine rings is 4. The van der Waals surface area contributed by atoms with Crippen molar-refractivity contribution in [1.29, 1.82) is 0 Å². The summed E-state index contributed by atoms with van der Waals surface area (Å²) in [4.78, 5) is 24.8. The van der Waals surface area contributed by atoms with Crippen LogP contribution in [-0.4, -0.2) is 100 Å². The lowest BCUT2D eigenvalue weighted by Gasteiger charge is -2.28. The Balaban J connectivity index is 0.000000147. The van der Waals surface area contributed by atoms with Gasteiger partial charge in [-0.05, 0) is 60.2 Å². The second kappa shape index (κ2) is 16.0. The molecular formula is C41H37ClN10O3S. The number of rotatable bonds is 7. The van der Waals surface area contributed by atoms with Crippen molar-refractivity contribution in [3.05, 3.63) is 102 Å². The molecule has 282 valence electrons. The first-order valence-corrected chi connectivity index (χ1v) is 19.5. The Bertz CT molecular complexity index is 2590. The average molecular weight is 785 g/mol. The number of fused-ring (bicyclic) bond motifs is 2. The van der Waals surface area contributed by atoms with Crippen molar-refractivity contribution in [2.45, 2.75) is 0 Å². The van der Waals surface area contributed by atoms with Crippen LogP contribution in [0.5, 0.6) is 5.75 Å². The first-order chi connectivity index (χ1) is 27.6. The van der Waals surface area contributed by atoms with Gasteiger partial charge in [-0.2, -0.15) is 10.2 Å². The number of hydrogen-bond donors (Lipinski definition) is 2. The van der Waals surface area contributed by atoms with E-state index in [4.69, 9.17) is 35.8 Å². The third-order valence-electron chi connectivity index (χ3n) is 9.85. The zero-order valence-corrected chi connectivity index (χ0v) is 32.1. The molecule has 0 bridgehead atoms. The minimum Gasteiger partial charge on any atom is -0.496 e. The fourth-order valence-corrected chi connectivity index (χ4v) is 8.18. The Morgan fingerprint density at radius 3 is 1.71 bits per heavy atom. The molecule has 2 N–H and O–H groups in total. The standard InChI is InChI=1S/C22H21N5O2.C19H16ClN5OS/c1-28-19-5-3-2-4-15(19)17-14-20(27-10-12-29-13-11-27)25-21-16(17)6-8-23-22(21)18-7-9-24-26-18;20-16-2-1-15(27-16)13-11-17(25-7-9-26-10-8-25)23-18-12(13)3-5-21-19(18)14-4-6-22-24-14/h2-9,14H,10-13H2,1H3,(H,24,26);1-6,11H,7-10H2,(H,22,24). The maximum Gasteiger partial charge on any atom is 0.130 e. The number of thiophene rings is 1. The number of halogens is 1. The number of methoxy groups -OCH3 is 1. The van der Waals surface area contributed by atoms with Gasteiger partial charge in [-0.15, -0.1) is 11.3 Å². The third kappa shape index (κ3) is 7.15. The highest BCUT2D eigenvalue weighted by molar-refractivity contribution is 7.19. The van der Waals surface area contributed by atoms with Gasteiger partial charge in [0, 0.05) is 77.7 Å². The monoisotopic (exact) mass is 784 g/mol. The van der Waals surface area contributed by atoms with Crippen LogP contribution in [0.25, 0.3) is 66.1 Å². The van der Waals surface area contributed by atoms with E-state index in [1.54, 1.807) is 30.8 Å². The Hall–Kier alpha value is -5.93. The van der Waals surface area contributed by atoms with E-state index in [1.807, 2.05) is 60.9 Å². The molecule has 8 aromatic rings. The zero-order valence-electron chi connectivity index (χ0n) is 30.5. The van der Waals surface area contributed by atoms with E-state index < -0.39 is 0 Å². The first kappa shape index (κ1) is 35.8. The molecule has 1 aromatic carbocycles. The highest BCUT2D eigenvalue weighted by Crippen LogP contribution is 2.40. The van der Waals surface area contributed by atoms with Crippen LogP contribution in [0.2, 0.25) is 4.34 Å². The second-order valence-corrected chi connectivity index (χ2v) is 14.8. The second-order valence-electron chi connectivity index (χ2n) is 13.1. The molecule has 2 saturated heterocycles. The average Bonchev–Trinajstić information content (AvgIpc) is 4.08. The number of ether oxygens (including phenoxy) is 3. The molecule has 10 rings (SSSR count). The van der Waals surface area contributed by atoms with Gasteiger partial charge in [0.05, 0.1) is 49.3 Å². The number of nitrogens with zero attached hydrogens (tertiary/aromatic N) is 8. The van der Waals surface area contributed by atoms with Gasteiger partial charge in [-0.1, -0.05) is 29.8 Å². The van der Waals surface area contributed by atoms with Crippen molar-refractivity contribution in [2.75, 3.05) is 69.5 Å². The number of benzene rings is 1. The molecule has 0 radical (unpaired) electrons. The quantitative estimate of drug-likeness (QED) is 0.164. The van der Waals surface area contributed by atoms with Crippen LogP contribution in [0.1, 0.15) is 0 Å². The SMILES string of the molecule is COc1ccccc1-c1cc(N2CCOCC2)nc2c(-c3ccn[nH]3)nccc12.Clc1ccc(-c2cc(N3CCOCC3)nc3c(-c4ccn[nH]4)nccc23)s1. The molecule has 15 heteroatoms.